The largest absolute Gasteiger partial charge is 0.493 e. The summed E-state index contributed by atoms with van der Waals surface area (Å²) in [5, 5.41) is 5.36. The van der Waals surface area contributed by atoms with Crippen molar-refractivity contribution < 1.29 is 14.3 Å². The number of carbonyl (C=O) groups is 1. The van der Waals surface area contributed by atoms with Crippen LogP contribution in [0.25, 0.3) is 10.9 Å². The minimum Gasteiger partial charge on any atom is -0.493 e. The number of nitrogens with two attached hydrogens (primary N) is 1. The zero-order valence-electron chi connectivity index (χ0n) is 18.6. The average molecular weight is 548 g/mol. The number of carbonyl (C=O) groups excluding carboxylic acids is 1. The SMILES string of the molecule is COc1cc(Cl)cc(C=Nn2c(C3CCCCC3)nc3ccc(Br)cc3c2=O)c1OCC(N)=O. The number of hydrogen-bond acceptors (Lipinski definition) is 6. The molecule has 0 bridgehead atoms. The molecule has 2 N–H and O–H groups in total. The molecule has 1 aromatic heterocycles. The first-order valence-electron chi connectivity index (χ1n) is 10.9. The second kappa shape index (κ2) is 10.6. The predicted octanol–water partition coefficient (Wildman–Crippen LogP) is 4.62. The lowest BCUT2D eigenvalue weighted by Gasteiger charge is -2.22. The first kappa shape index (κ1) is 24.2. The van der Waals surface area contributed by atoms with Crippen LogP contribution in [-0.4, -0.2) is 35.5 Å². The van der Waals surface area contributed by atoms with Gasteiger partial charge < -0.3 is 15.2 Å². The summed E-state index contributed by atoms with van der Waals surface area (Å²) in [7, 11) is 1.46. The third-order valence-electron chi connectivity index (χ3n) is 5.74. The Labute approximate surface area is 209 Å². The molecule has 8 nitrogen and oxygen atoms in total. The molecule has 0 aliphatic heterocycles. The van der Waals surface area contributed by atoms with E-state index >= 15 is 0 Å². The Hall–Kier alpha value is -2.91. The van der Waals surface area contributed by atoms with Gasteiger partial charge in [0.15, 0.2) is 18.1 Å². The normalized spacial score (nSPS) is 14.6. The quantitative estimate of drug-likeness (QED) is 0.434. The highest BCUT2D eigenvalue weighted by Gasteiger charge is 2.23. The molecule has 4 rings (SSSR count). The highest BCUT2D eigenvalue weighted by Crippen LogP contribution is 2.35. The second-order valence-corrected chi connectivity index (χ2v) is 9.46. The van der Waals surface area contributed by atoms with E-state index in [2.05, 4.69) is 21.0 Å². The summed E-state index contributed by atoms with van der Waals surface area (Å²) < 4.78 is 13.1. The minimum absolute atomic E-state index is 0.131. The van der Waals surface area contributed by atoms with E-state index in [1.54, 1.807) is 18.2 Å². The minimum atomic E-state index is -0.639. The van der Waals surface area contributed by atoms with Gasteiger partial charge in [-0.05, 0) is 37.1 Å². The van der Waals surface area contributed by atoms with Crippen molar-refractivity contribution >= 4 is 50.6 Å². The number of benzene rings is 2. The highest BCUT2D eigenvalue weighted by molar-refractivity contribution is 9.10. The first-order valence-corrected chi connectivity index (χ1v) is 12.1. The number of hydrogen-bond donors (Lipinski definition) is 1. The fourth-order valence-electron chi connectivity index (χ4n) is 4.16. The maximum atomic E-state index is 13.5. The Morgan fingerprint density at radius 1 is 1.29 bits per heavy atom. The summed E-state index contributed by atoms with van der Waals surface area (Å²) in [6, 6.07) is 8.61. The molecule has 1 aliphatic carbocycles. The fourth-order valence-corrected chi connectivity index (χ4v) is 4.73. The third kappa shape index (κ3) is 5.26. The Kier molecular flexibility index (Phi) is 7.53. The van der Waals surface area contributed by atoms with Crippen LogP contribution in [0.5, 0.6) is 11.5 Å². The van der Waals surface area contributed by atoms with Crippen molar-refractivity contribution in [3.05, 3.63) is 61.6 Å². The topological polar surface area (TPSA) is 109 Å². The van der Waals surface area contributed by atoms with Gasteiger partial charge in [-0.15, -0.1) is 0 Å². The van der Waals surface area contributed by atoms with Crippen LogP contribution in [0.1, 0.15) is 49.4 Å². The van der Waals surface area contributed by atoms with Crippen molar-refractivity contribution in [3.8, 4) is 11.5 Å². The van der Waals surface area contributed by atoms with Gasteiger partial charge in [-0.25, -0.2) is 4.98 Å². The van der Waals surface area contributed by atoms with E-state index in [0.29, 0.717) is 33.1 Å². The summed E-state index contributed by atoms with van der Waals surface area (Å²) >= 11 is 9.68. The van der Waals surface area contributed by atoms with Crippen LogP contribution in [0.2, 0.25) is 5.02 Å². The third-order valence-corrected chi connectivity index (χ3v) is 6.45. The molecule has 0 saturated heterocycles. The lowest BCUT2D eigenvalue weighted by Crippen LogP contribution is -2.25. The summed E-state index contributed by atoms with van der Waals surface area (Å²) in [6.07, 6.45) is 6.69. The Morgan fingerprint density at radius 2 is 2.06 bits per heavy atom. The molecule has 0 unspecified atom stereocenters. The number of primary amides is 1. The van der Waals surface area contributed by atoms with Gasteiger partial charge in [-0.2, -0.15) is 9.78 Å². The van der Waals surface area contributed by atoms with E-state index in [0.717, 1.165) is 30.2 Å². The molecule has 0 spiro atoms. The van der Waals surface area contributed by atoms with Gasteiger partial charge in [0, 0.05) is 27.0 Å². The van der Waals surface area contributed by atoms with Crippen LogP contribution in [-0.2, 0) is 4.79 Å². The van der Waals surface area contributed by atoms with Crippen LogP contribution in [0, 0.1) is 0 Å². The van der Waals surface area contributed by atoms with E-state index in [1.165, 1.54) is 24.4 Å². The lowest BCUT2D eigenvalue weighted by atomic mass is 9.88. The van der Waals surface area contributed by atoms with Crippen molar-refractivity contribution in [1.82, 2.24) is 9.66 Å². The molecule has 178 valence electrons. The lowest BCUT2D eigenvalue weighted by molar-refractivity contribution is -0.119. The molecule has 34 heavy (non-hydrogen) atoms. The molecule has 0 radical (unpaired) electrons. The number of nitrogens with zero attached hydrogens (tertiary/aromatic N) is 3. The van der Waals surface area contributed by atoms with Gasteiger partial charge in [0.1, 0.15) is 5.82 Å². The van der Waals surface area contributed by atoms with Gasteiger partial charge in [0.25, 0.3) is 11.5 Å². The molecular formula is C24H24BrClN4O4. The molecule has 1 saturated carbocycles. The number of rotatable bonds is 7. The Morgan fingerprint density at radius 3 is 2.76 bits per heavy atom. The smallest absolute Gasteiger partial charge is 0.282 e. The van der Waals surface area contributed by atoms with Crippen molar-refractivity contribution in [3.63, 3.8) is 0 Å². The fraction of sp³-hybridized carbons (Fsp3) is 0.333. The van der Waals surface area contributed by atoms with Crippen LogP contribution < -0.4 is 20.8 Å². The van der Waals surface area contributed by atoms with E-state index in [9.17, 15) is 9.59 Å². The maximum Gasteiger partial charge on any atom is 0.282 e. The number of halogens is 2. The molecule has 3 aromatic rings. The Bertz CT molecular complexity index is 1320. The molecule has 0 atom stereocenters. The van der Waals surface area contributed by atoms with Crippen molar-refractivity contribution in [2.24, 2.45) is 10.8 Å². The van der Waals surface area contributed by atoms with E-state index < -0.39 is 5.91 Å². The van der Waals surface area contributed by atoms with Crippen molar-refractivity contribution in [1.29, 1.82) is 0 Å². The van der Waals surface area contributed by atoms with Crippen molar-refractivity contribution in [2.45, 2.75) is 38.0 Å². The van der Waals surface area contributed by atoms with Crippen LogP contribution in [0.15, 0.2) is 44.7 Å². The summed E-state index contributed by atoms with van der Waals surface area (Å²) in [6.45, 7) is -0.350. The number of ether oxygens (including phenoxy) is 2. The summed E-state index contributed by atoms with van der Waals surface area (Å²) in [5.74, 6) is 0.685. The molecule has 2 aromatic carbocycles. The van der Waals surface area contributed by atoms with E-state index in [1.807, 2.05) is 12.1 Å². The van der Waals surface area contributed by atoms with Gasteiger partial charge in [-0.1, -0.05) is 46.8 Å². The van der Waals surface area contributed by atoms with Gasteiger partial charge in [0.2, 0.25) is 0 Å². The number of amides is 1. The number of aromatic nitrogens is 2. The molecule has 10 heteroatoms. The maximum absolute atomic E-state index is 13.5. The van der Waals surface area contributed by atoms with Crippen LogP contribution in [0.4, 0.5) is 0 Å². The van der Waals surface area contributed by atoms with Crippen molar-refractivity contribution in [2.75, 3.05) is 13.7 Å². The van der Waals surface area contributed by atoms with E-state index in [4.69, 9.17) is 31.8 Å². The van der Waals surface area contributed by atoms with E-state index in [-0.39, 0.29) is 23.8 Å². The predicted molar refractivity (Wildman–Crippen MR) is 135 cm³/mol. The summed E-state index contributed by atoms with van der Waals surface area (Å²) in [5.41, 5.74) is 6.04. The average Bonchev–Trinajstić information content (AvgIpc) is 2.83. The number of fused-ring (bicyclic) bond motifs is 1. The monoisotopic (exact) mass is 546 g/mol. The first-order chi connectivity index (χ1) is 16.4. The second-order valence-electron chi connectivity index (χ2n) is 8.11. The summed E-state index contributed by atoms with van der Waals surface area (Å²) in [4.78, 5) is 29.6. The standard InChI is InChI=1S/C24H24BrClN4O4/c1-33-20-11-17(26)9-15(22(20)34-13-21(27)31)12-28-30-23(14-5-3-2-4-6-14)29-19-8-7-16(25)10-18(19)24(30)32/h7-12,14H,2-6,13H2,1H3,(H2,27,31). The molecular weight excluding hydrogens is 524 g/mol. The van der Waals surface area contributed by atoms with Gasteiger partial charge in [0.05, 0.1) is 24.2 Å². The molecule has 1 heterocycles. The zero-order chi connectivity index (χ0) is 24.2. The molecule has 1 aliphatic rings. The zero-order valence-corrected chi connectivity index (χ0v) is 20.9. The number of methoxy groups -OCH3 is 1. The van der Waals surface area contributed by atoms with Gasteiger partial charge >= 0.3 is 0 Å². The highest BCUT2D eigenvalue weighted by atomic mass is 79.9. The molecule has 1 fully saturated rings. The molecule has 1 amide bonds. The Balaban J connectivity index is 1.86. The van der Waals surface area contributed by atoms with Crippen LogP contribution >= 0.6 is 27.5 Å². The van der Waals surface area contributed by atoms with Crippen LogP contribution in [0.3, 0.4) is 0 Å². The van der Waals surface area contributed by atoms with Gasteiger partial charge in [-0.3, -0.25) is 9.59 Å².